The van der Waals surface area contributed by atoms with Gasteiger partial charge in [0.15, 0.2) is 0 Å². The zero-order chi connectivity index (χ0) is 31.1. The first-order valence-electron chi connectivity index (χ1n) is 13.6. The van der Waals surface area contributed by atoms with Crippen molar-refractivity contribution in [1.82, 2.24) is 4.57 Å². The van der Waals surface area contributed by atoms with Gasteiger partial charge in [-0.2, -0.15) is 0 Å². The number of phenolic OH excluding ortho intramolecular Hbond substituents is 1. The Bertz CT molecular complexity index is 1850. The van der Waals surface area contributed by atoms with Crippen LogP contribution in [0.2, 0.25) is 0 Å². The van der Waals surface area contributed by atoms with Crippen LogP contribution in [0.15, 0.2) is 87.1 Å². The van der Waals surface area contributed by atoms with Crippen LogP contribution in [0.1, 0.15) is 33.6 Å². The summed E-state index contributed by atoms with van der Waals surface area (Å²) < 4.78 is 7.16. The summed E-state index contributed by atoms with van der Waals surface area (Å²) in [5.41, 5.74) is 1.82. The number of amides is 3. The van der Waals surface area contributed by atoms with Crippen molar-refractivity contribution < 1.29 is 29.0 Å². The second-order valence-corrected chi connectivity index (χ2v) is 13.1. The molecule has 1 fully saturated rings. The molecule has 0 spiro atoms. The standard InChI is InChI=1S/C31H24BrN3O7S2/c1-2-42-30(40)16-6-10-20(11-7-16)35-27(38)24-23(17-4-3-5-18(32)14-17)26-29(43-25(24)28(35)39)34(31(41)44-26)15-22(37)33-19-8-12-21(36)13-9-19/h3-14,23-25,36H,2,15H2,1H3,(H,33,37)/t23-,24?,25?/m1/s1. The van der Waals surface area contributed by atoms with Crippen molar-refractivity contribution in [3.05, 3.63) is 103 Å². The minimum Gasteiger partial charge on any atom is -0.508 e. The van der Waals surface area contributed by atoms with Crippen LogP contribution in [0, 0.1) is 5.92 Å². The summed E-state index contributed by atoms with van der Waals surface area (Å²) in [6.45, 7) is 1.62. The second-order valence-electron chi connectivity index (χ2n) is 10.1. The fourth-order valence-corrected chi connectivity index (χ4v) is 8.61. The van der Waals surface area contributed by atoms with Gasteiger partial charge in [0.2, 0.25) is 17.7 Å². The minimum atomic E-state index is -0.857. The number of nitrogens with zero attached hydrogens (tertiary/aromatic N) is 2. The number of halogens is 1. The van der Waals surface area contributed by atoms with E-state index >= 15 is 0 Å². The van der Waals surface area contributed by atoms with Crippen molar-refractivity contribution in [2.24, 2.45) is 5.92 Å². The average molecular weight is 695 g/mol. The lowest BCUT2D eigenvalue weighted by molar-refractivity contribution is -0.122. The number of aromatic hydroxyl groups is 1. The molecule has 10 nitrogen and oxygen atoms in total. The third kappa shape index (κ3) is 5.46. The van der Waals surface area contributed by atoms with Crippen LogP contribution in [0.25, 0.3) is 0 Å². The van der Waals surface area contributed by atoms with E-state index in [2.05, 4.69) is 21.2 Å². The van der Waals surface area contributed by atoms with E-state index < -0.39 is 40.8 Å². The van der Waals surface area contributed by atoms with Crippen molar-refractivity contribution in [2.45, 2.75) is 29.7 Å². The predicted octanol–water partition coefficient (Wildman–Crippen LogP) is 4.99. The Balaban J connectivity index is 1.37. The number of rotatable bonds is 7. The van der Waals surface area contributed by atoms with Crippen molar-refractivity contribution in [3.8, 4) is 5.75 Å². The lowest BCUT2D eigenvalue weighted by Crippen LogP contribution is -2.33. The van der Waals surface area contributed by atoms with Crippen LogP contribution in [0.3, 0.4) is 0 Å². The van der Waals surface area contributed by atoms with E-state index in [1.165, 1.54) is 41.0 Å². The maximum Gasteiger partial charge on any atom is 0.338 e. The molecule has 2 aliphatic heterocycles. The Hall–Kier alpha value is -4.20. The van der Waals surface area contributed by atoms with Crippen molar-refractivity contribution in [2.75, 3.05) is 16.8 Å². The lowest BCUT2D eigenvalue weighted by atomic mass is 9.83. The first-order chi connectivity index (χ1) is 21.2. The number of hydrogen-bond acceptors (Lipinski definition) is 9. The first kappa shape index (κ1) is 29.9. The smallest absolute Gasteiger partial charge is 0.338 e. The summed E-state index contributed by atoms with van der Waals surface area (Å²) in [4.78, 5) is 67.8. The van der Waals surface area contributed by atoms with Crippen LogP contribution >= 0.6 is 39.0 Å². The van der Waals surface area contributed by atoms with Gasteiger partial charge in [-0.15, -0.1) is 0 Å². The summed E-state index contributed by atoms with van der Waals surface area (Å²) in [7, 11) is 0. The Kier molecular flexibility index (Phi) is 8.18. The van der Waals surface area contributed by atoms with E-state index in [9.17, 15) is 29.1 Å². The Morgan fingerprint density at radius 1 is 1.00 bits per heavy atom. The maximum atomic E-state index is 14.1. The van der Waals surface area contributed by atoms with Crippen LogP contribution in [-0.4, -0.2) is 45.2 Å². The van der Waals surface area contributed by atoms with Gasteiger partial charge in [0, 0.05) is 21.0 Å². The van der Waals surface area contributed by atoms with E-state index in [0.29, 0.717) is 26.8 Å². The van der Waals surface area contributed by atoms with Gasteiger partial charge >= 0.3 is 10.8 Å². The van der Waals surface area contributed by atoms with Gasteiger partial charge in [0.25, 0.3) is 0 Å². The van der Waals surface area contributed by atoms with Gasteiger partial charge in [-0.05, 0) is 73.2 Å². The number of ether oxygens (including phenoxy) is 1. The molecule has 0 radical (unpaired) electrons. The lowest BCUT2D eigenvalue weighted by Gasteiger charge is -2.30. The number of carbonyl (C=O) groups excluding carboxylic acids is 4. The molecule has 1 aromatic heterocycles. The third-order valence-electron chi connectivity index (χ3n) is 7.35. The molecular formula is C31H24BrN3O7S2. The fourth-order valence-electron chi connectivity index (χ4n) is 5.42. The quantitative estimate of drug-likeness (QED) is 0.157. The minimum absolute atomic E-state index is 0.0513. The summed E-state index contributed by atoms with van der Waals surface area (Å²) in [5, 5.41) is 11.9. The second kappa shape index (κ2) is 12.1. The molecule has 3 aromatic carbocycles. The Morgan fingerprint density at radius 2 is 1.73 bits per heavy atom. The normalized spacial score (nSPS) is 19.0. The number of thioether (sulfide) groups is 1. The Labute approximate surface area is 267 Å². The molecule has 224 valence electrons. The molecule has 3 heterocycles. The molecule has 2 unspecified atom stereocenters. The molecule has 2 N–H and O–H groups in total. The molecule has 3 amide bonds. The molecule has 44 heavy (non-hydrogen) atoms. The summed E-state index contributed by atoms with van der Waals surface area (Å²) >= 11 is 5.57. The van der Waals surface area contributed by atoms with Crippen LogP contribution in [0.5, 0.6) is 5.75 Å². The van der Waals surface area contributed by atoms with E-state index in [1.54, 1.807) is 19.1 Å². The molecule has 6 rings (SSSR count). The molecule has 0 bridgehead atoms. The number of anilines is 2. The van der Waals surface area contributed by atoms with Gasteiger partial charge in [-0.25, -0.2) is 9.69 Å². The van der Waals surface area contributed by atoms with E-state index in [0.717, 1.165) is 38.0 Å². The van der Waals surface area contributed by atoms with Gasteiger partial charge in [0.1, 0.15) is 17.5 Å². The topological polar surface area (TPSA) is 135 Å². The molecule has 0 aliphatic carbocycles. The zero-order valence-corrected chi connectivity index (χ0v) is 26.3. The molecule has 0 saturated carbocycles. The molecule has 4 aromatic rings. The van der Waals surface area contributed by atoms with Crippen molar-refractivity contribution in [3.63, 3.8) is 0 Å². The van der Waals surface area contributed by atoms with Gasteiger partial charge in [-0.1, -0.05) is 51.2 Å². The molecule has 13 heteroatoms. The number of benzene rings is 3. The monoisotopic (exact) mass is 693 g/mol. The number of aromatic nitrogens is 1. The number of phenols is 1. The summed E-state index contributed by atoms with van der Waals surface area (Å²) in [6, 6.07) is 19.4. The van der Waals surface area contributed by atoms with E-state index in [-0.39, 0.29) is 23.8 Å². The number of esters is 1. The van der Waals surface area contributed by atoms with Crippen molar-refractivity contribution in [1.29, 1.82) is 0 Å². The average Bonchev–Trinajstić information content (AvgIpc) is 3.44. The number of nitrogens with one attached hydrogen (secondary N) is 1. The van der Waals surface area contributed by atoms with Gasteiger partial charge < -0.3 is 15.2 Å². The van der Waals surface area contributed by atoms with Gasteiger partial charge in [0.05, 0.1) is 28.8 Å². The molecule has 3 atom stereocenters. The number of thiazole rings is 1. The molecule has 2 aliphatic rings. The third-order valence-corrected chi connectivity index (χ3v) is 10.4. The summed E-state index contributed by atoms with van der Waals surface area (Å²) in [6.07, 6.45) is 0. The van der Waals surface area contributed by atoms with Crippen LogP contribution in [-0.2, 0) is 25.7 Å². The number of fused-ring (bicyclic) bond motifs is 2. The summed E-state index contributed by atoms with van der Waals surface area (Å²) in [5.74, 6) is -3.20. The number of imide groups is 1. The number of carbonyl (C=O) groups is 4. The van der Waals surface area contributed by atoms with Crippen LogP contribution in [0.4, 0.5) is 11.4 Å². The molecule has 1 saturated heterocycles. The highest BCUT2D eigenvalue weighted by Gasteiger charge is 2.56. The largest absolute Gasteiger partial charge is 0.508 e. The first-order valence-corrected chi connectivity index (χ1v) is 16.0. The highest BCUT2D eigenvalue weighted by Crippen LogP contribution is 2.54. The van der Waals surface area contributed by atoms with Crippen molar-refractivity contribution >= 4 is 74.1 Å². The highest BCUT2D eigenvalue weighted by atomic mass is 79.9. The molecular weight excluding hydrogens is 670 g/mol. The fraction of sp³-hybridized carbons (Fsp3) is 0.194. The maximum absolute atomic E-state index is 14.1. The zero-order valence-electron chi connectivity index (χ0n) is 23.1. The predicted molar refractivity (Wildman–Crippen MR) is 169 cm³/mol. The number of hydrogen-bond donors (Lipinski definition) is 2. The van der Waals surface area contributed by atoms with Gasteiger partial charge in [-0.3, -0.25) is 23.7 Å². The van der Waals surface area contributed by atoms with E-state index in [1.807, 2.05) is 24.3 Å². The SMILES string of the molecule is CCOC(=O)c1ccc(N2C(=O)C3Sc4c(sc(=O)n4CC(=O)Nc4ccc(O)cc4)[C@H](c4cccc(Br)c4)C3C2=O)cc1. The highest BCUT2D eigenvalue weighted by molar-refractivity contribution is 9.10. The Morgan fingerprint density at radius 3 is 2.41 bits per heavy atom. The van der Waals surface area contributed by atoms with Crippen LogP contribution < -0.4 is 15.1 Å². The van der Waals surface area contributed by atoms with E-state index in [4.69, 9.17) is 4.74 Å².